The van der Waals surface area contributed by atoms with Crippen molar-refractivity contribution in [3.05, 3.63) is 35.9 Å². The maximum absolute atomic E-state index is 13.5. The number of rotatable bonds is 12. The molecule has 6 nitrogen and oxygen atoms in total. The second kappa shape index (κ2) is 12.1. The van der Waals surface area contributed by atoms with Gasteiger partial charge in [-0.25, -0.2) is 4.79 Å². The SMILES string of the molecule is CCCCOP(=O)(OCCCC)C(NC(=O)OCC)c1ccccc1. The van der Waals surface area contributed by atoms with Gasteiger partial charge in [0.1, 0.15) is 0 Å². The maximum atomic E-state index is 13.5. The van der Waals surface area contributed by atoms with Crippen molar-refractivity contribution in [2.75, 3.05) is 19.8 Å². The third-order valence-corrected chi connectivity index (χ3v) is 5.64. The summed E-state index contributed by atoms with van der Waals surface area (Å²) in [6.45, 7) is 6.62. The minimum Gasteiger partial charge on any atom is -0.450 e. The largest absolute Gasteiger partial charge is 0.450 e. The topological polar surface area (TPSA) is 73.9 Å². The van der Waals surface area contributed by atoms with Gasteiger partial charge in [0, 0.05) is 0 Å². The van der Waals surface area contributed by atoms with Crippen LogP contribution in [0.1, 0.15) is 57.8 Å². The Morgan fingerprint density at radius 3 is 2.08 bits per heavy atom. The monoisotopic (exact) mass is 371 g/mol. The van der Waals surface area contributed by atoms with Crippen LogP contribution in [0.5, 0.6) is 0 Å². The first-order valence-corrected chi connectivity index (χ1v) is 10.6. The average Bonchev–Trinajstić information content (AvgIpc) is 2.61. The van der Waals surface area contributed by atoms with Crippen LogP contribution in [0.4, 0.5) is 4.79 Å². The van der Waals surface area contributed by atoms with Crippen LogP contribution < -0.4 is 5.32 Å². The summed E-state index contributed by atoms with van der Waals surface area (Å²) in [5, 5.41) is 2.65. The molecule has 1 aromatic carbocycles. The van der Waals surface area contributed by atoms with Crippen LogP contribution >= 0.6 is 7.60 Å². The predicted molar refractivity (Wildman–Crippen MR) is 98.7 cm³/mol. The van der Waals surface area contributed by atoms with Gasteiger partial charge in [-0.05, 0) is 25.3 Å². The fraction of sp³-hybridized carbons (Fsp3) is 0.611. The van der Waals surface area contributed by atoms with Gasteiger partial charge in [-0.3, -0.25) is 4.57 Å². The lowest BCUT2D eigenvalue weighted by Gasteiger charge is -2.27. The van der Waals surface area contributed by atoms with Crippen LogP contribution in [0.2, 0.25) is 0 Å². The molecule has 7 heteroatoms. The Kier molecular flexibility index (Phi) is 10.5. The highest BCUT2D eigenvalue weighted by molar-refractivity contribution is 7.54. The molecule has 0 aromatic heterocycles. The van der Waals surface area contributed by atoms with Crippen molar-refractivity contribution in [1.29, 1.82) is 0 Å². The third-order valence-electron chi connectivity index (χ3n) is 3.50. The molecule has 0 saturated carbocycles. The Bertz CT molecular complexity index is 524. The van der Waals surface area contributed by atoms with E-state index in [4.69, 9.17) is 13.8 Å². The van der Waals surface area contributed by atoms with Crippen molar-refractivity contribution in [2.45, 2.75) is 52.2 Å². The van der Waals surface area contributed by atoms with Gasteiger partial charge < -0.3 is 19.1 Å². The summed E-state index contributed by atoms with van der Waals surface area (Å²) in [5.74, 6) is -0.901. The molecule has 1 unspecified atom stereocenters. The van der Waals surface area contributed by atoms with E-state index in [0.29, 0.717) is 18.8 Å². The molecule has 0 fully saturated rings. The highest BCUT2D eigenvalue weighted by Crippen LogP contribution is 2.59. The van der Waals surface area contributed by atoms with Crippen LogP contribution in [0, 0.1) is 0 Å². The van der Waals surface area contributed by atoms with Gasteiger partial charge in [0.2, 0.25) is 0 Å². The molecule has 25 heavy (non-hydrogen) atoms. The quantitative estimate of drug-likeness (QED) is 0.401. The minimum atomic E-state index is -3.60. The molecule has 1 aromatic rings. The summed E-state index contributed by atoms with van der Waals surface area (Å²) in [6, 6.07) is 9.06. The van der Waals surface area contributed by atoms with Crippen molar-refractivity contribution in [3.8, 4) is 0 Å². The van der Waals surface area contributed by atoms with Crippen molar-refractivity contribution >= 4 is 13.7 Å². The van der Waals surface area contributed by atoms with E-state index in [9.17, 15) is 9.36 Å². The first-order chi connectivity index (χ1) is 12.1. The molecule has 0 bridgehead atoms. The molecule has 0 saturated heterocycles. The molecule has 0 heterocycles. The Hall–Kier alpha value is -1.36. The molecule has 0 aliphatic carbocycles. The lowest BCUT2D eigenvalue weighted by atomic mass is 10.2. The lowest BCUT2D eigenvalue weighted by molar-refractivity contribution is 0.144. The number of amides is 1. The standard InChI is InChI=1S/C18H30NO5P/c1-4-7-14-23-25(21,24-15-8-5-2)17(19-18(20)22-6-3)16-12-10-9-11-13-16/h9-13,17H,4-8,14-15H2,1-3H3,(H,19,20). The Morgan fingerprint density at radius 2 is 1.60 bits per heavy atom. The molecule has 0 radical (unpaired) electrons. The van der Waals surface area contributed by atoms with Gasteiger partial charge in [0.15, 0.2) is 5.78 Å². The molecular weight excluding hydrogens is 341 g/mol. The van der Waals surface area contributed by atoms with Crippen LogP contribution in [0.25, 0.3) is 0 Å². The number of nitrogens with one attached hydrogen (secondary N) is 1. The summed E-state index contributed by atoms with van der Waals surface area (Å²) in [5.41, 5.74) is 0.659. The van der Waals surface area contributed by atoms with E-state index < -0.39 is 19.5 Å². The van der Waals surface area contributed by atoms with Crippen molar-refractivity contribution in [1.82, 2.24) is 5.32 Å². The molecule has 1 amide bonds. The summed E-state index contributed by atoms with van der Waals surface area (Å²) in [7, 11) is -3.60. The summed E-state index contributed by atoms with van der Waals surface area (Å²) < 4.78 is 29.8. The minimum absolute atomic E-state index is 0.227. The summed E-state index contributed by atoms with van der Waals surface area (Å²) in [6.07, 6.45) is 2.71. The molecule has 1 rings (SSSR count). The van der Waals surface area contributed by atoms with Gasteiger partial charge in [0.05, 0.1) is 19.8 Å². The van der Waals surface area contributed by atoms with Gasteiger partial charge in [-0.2, -0.15) is 0 Å². The number of unbranched alkanes of at least 4 members (excludes halogenated alkanes) is 2. The predicted octanol–water partition coefficient (Wildman–Crippen LogP) is 5.26. The highest BCUT2D eigenvalue weighted by atomic mass is 31.2. The van der Waals surface area contributed by atoms with E-state index in [0.717, 1.165) is 25.7 Å². The van der Waals surface area contributed by atoms with E-state index in [1.807, 2.05) is 32.0 Å². The summed E-state index contributed by atoms with van der Waals surface area (Å²) in [4.78, 5) is 12.0. The normalized spacial score (nSPS) is 12.6. The van der Waals surface area contributed by atoms with E-state index >= 15 is 0 Å². The highest BCUT2D eigenvalue weighted by Gasteiger charge is 2.39. The Balaban J connectivity index is 3.07. The van der Waals surface area contributed by atoms with Crippen molar-refractivity contribution in [3.63, 3.8) is 0 Å². The van der Waals surface area contributed by atoms with E-state index in [1.165, 1.54) is 0 Å². The van der Waals surface area contributed by atoms with Crippen LogP contribution in [0.15, 0.2) is 30.3 Å². The fourth-order valence-corrected chi connectivity index (χ4v) is 4.06. The number of carbonyl (C=O) groups is 1. The lowest BCUT2D eigenvalue weighted by Crippen LogP contribution is -2.30. The summed E-state index contributed by atoms with van der Waals surface area (Å²) >= 11 is 0. The zero-order valence-electron chi connectivity index (χ0n) is 15.4. The van der Waals surface area contributed by atoms with Crippen molar-refractivity contribution < 1.29 is 23.1 Å². The fourth-order valence-electron chi connectivity index (χ4n) is 2.12. The smallest absolute Gasteiger partial charge is 0.408 e. The van der Waals surface area contributed by atoms with Crippen LogP contribution in [-0.2, 0) is 18.3 Å². The Morgan fingerprint density at radius 1 is 1.04 bits per heavy atom. The molecule has 1 N–H and O–H groups in total. The molecule has 0 aliphatic rings. The number of alkyl carbamates (subject to hydrolysis) is 1. The zero-order chi connectivity index (χ0) is 18.5. The molecule has 1 atom stereocenters. The zero-order valence-corrected chi connectivity index (χ0v) is 16.3. The van der Waals surface area contributed by atoms with Gasteiger partial charge in [0.25, 0.3) is 0 Å². The van der Waals surface area contributed by atoms with Gasteiger partial charge >= 0.3 is 13.7 Å². The second-order valence-electron chi connectivity index (χ2n) is 5.59. The average molecular weight is 371 g/mol. The molecule has 0 spiro atoms. The number of benzene rings is 1. The molecule has 142 valence electrons. The number of hydrogen-bond donors (Lipinski definition) is 1. The first kappa shape index (κ1) is 21.7. The van der Waals surface area contributed by atoms with Gasteiger partial charge in [-0.1, -0.05) is 57.0 Å². The Labute approximate surface area is 150 Å². The number of carbonyl (C=O) groups excluding carboxylic acids is 1. The number of ether oxygens (including phenoxy) is 1. The van der Waals surface area contributed by atoms with E-state index in [2.05, 4.69) is 5.32 Å². The van der Waals surface area contributed by atoms with Gasteiger partial charge in [-0.15, -0.1) is 0 Å². The van der Waals surface area contributed by atoms with Crippen molar-refractivity contribution in [2.24, 2.45) is 0 Å². The van der Waals surface area contributed by atoms with E-state index in [-0.39, 0.29) is 6.61 Å². The number of hydrogen-bond acceptors (Lipinski definition) is 5. The van der Waals surface area contributed by atoms with Crippen LogP contribution in [0.3, 0.4) is 0 Å². The second-order valence-corrected chi connectivity index (χ2v) is 7.70. The van der Waals surface area contributed by atoms with Crippen LogP contribution in [-0.4, -0.2) is 25.9 Å². The molecule has 0 aliphatic heterocycles. The van der Waals surface area contributed by atoms with E-state index in [1.54, 1.807) is 19.1 Å². The first-order valence-electron chi connectivity index (χ1n) is 8.94. The third kappa shape index (κ3) is 7.59. The maximum Gasteiger partial charge on any atom is 0.408 e. The molecular formula is C18H30NO5P.